The Morgan fingerprint density at radius 2 is 2.00 bits per heavy atom. The number of nitrogens with zero attached hydrogens (tertiary/aromatic N) is 3. The van der Waals surface area contributed by atoms with Gasteiger partial charge in [0.2, 0.25) is 5.13 Å². The number of furan rings is 1. The molecule has 2 aromatic rings. The van der Waals surface area contributed by atoms with Crippen LogP contribution in [0.3, 0.4) is 0 Å². The molecule has 0 saturated carbocycles. The summed E-state index contributed by atoms with van der Waals surface area (Å²) in [4.78, 5) is 26.8. The number of fused-ring (bicyclic) bond motifs is 1. The number of hydrogen-bond acceptors (Lipinski definition) is 7. The van der Waals surface area contributed by atoms with Crippen molar-refractivity contribution in [2.24, 2.45) is 0 Å². The fourth-order valence-corrected chi connectivity index (χ4v) is 3.60. The second-order valence-corrected chi connectivity index (χ2v) is 7.47. The van der Waals surface area contributed by atoms with Crippen molar-refractivity contribution in [1.29, 1.82) is 5.41 Å². The van der Waals surface area contributed by atoms with Crippen molar-refractivity contribution < 1.29 is 9.34 Å². The van der Waals surface area contributed by atoms with Crippen LogP contribution in [0.2, 0.25) is 0 Å². The van der Waals surface area contributed by atoms with Gasteiger partial charge in [-0.2, -0.15) is 4.98 Å². The van der Waals surface area contributed by atoms with Crippen LogP contribution in [-0.4, -0.2) is 19.7 Å². The van der Waals surface area contributed by atoms with Gasteiger partial charge in [0, 0.05) is 17.7 Å². The van der Waals surface area contributed by atoms with Crippen LogP contribution in [0.1, 0.15) is 19.6 Å². The number of aromatic nitrogens is 3. The molecule has 0 radical (unpaired) electrons. The molecular formula is C19H15N5O4S. The SMILES string of the molecule is CC(C)=c1[nH]n2c(=N)c(=Cc3ccc(-c4ccc([N+](=O)[O-])cc4)o3)c(=O)nc-2s1. The lowest BCUT2D eigenvalue weighted by atomic mass is 10.1. The molecule has 10 heteroatoms. The minimum Gasteiger partial charge on any atom is -0.457 e. The van der Waals surface area contributed by atoms with Crippen LogP contribution in [0.5, 0.6) is 0 Å². The third-order valence-corrected chi connectivity index (χ3v) is 5.39. The van der Waals surface area contributed by atoms with E-state index < -0.39 is 10.5 Å². The summed E-state index contributed by atoms with van der Waals surface area (Å²) in [6, 6.07) is 9.32. The predicted octanol–water partition coefficient (Wildman–Crippen LogP) is 1.73. The minimum atomic E-state index is -0.515. The largest absolute Gasteiger partial charge is 0.457 e. The van der Waals surface area contributed by atoms with Crippen molar-refractivity contribution in [1.82, 2.24) is 14.8 Å². The molecule has 0 saturated heterocycles. The van der Waals surface area contributed by atoms with E-state index in [9.17, 15) is 14.9 Å². The highest BCUT2D eigenvalue weighted by molar-refractivity contribution is 7.11. The van der Waals surface area contributed by atoms with Gasteiger partial charge in [0.1, 0.15) is 16.2 Å². The summed E-state index contributed by atoms with van der Waals surface area (Å²) < 4.78 is 8.04. The van der Waals surface area contributed by atoms with Crippen LogP contribution >= 0.6 is 11.3 Å². The zero-order valence-electron chi connectivity index (χ0n) is 15.4. The molecule has 29 heavy (non-hydrogen) atoms. The number of H-pyrrole nitrogens is 1. The van der Waals surface area contributed by atoms with Crippen molar-refractivity contribution in [3.05, 3.63) is 78.0 Å². The van der Waals surface area contributed by atoms with Crippen molar-refractivity contribution >= 4 is 28.7 Å². The Balaban J connectivity index is 1.80. The molecular weight excluding hydrogens is 394 g/mol. The van der Waals surface area contributed by atoms with Gasteiger partial charge in [0.05, 0.1) is 10.1 Å². The lowest BCUT2D eigenvalue weighted by molar-refractivity contribution is -0.384. The molecule has 1 aromatic heterocycles. The summed E-state index contributed by atoms with van der Waals surface area (Å²) in [7, 11) is 0. The van der Waals surface area contributed by atoms with Crippen molar-refractivity contribution in [2.45, 2.75) is 13.8 Å². The van der Waals surface area contributed by atoms with Gasteiger partial charge in [-0.15, -0.1) is 0 Å². The number of aromatic amines is 1. The zero-order valence-corrected chi connectivity index (χ0v) is 16.2. The van der Waals surface area contributed by atoms with Crippen LogP contribution in [0.25, 0.3) is 28.1 Å². The number of rotatable bonds is 3. The monoisotopic (exact) mass is 409 g/mol. The molecule has 146 valence electrons. The van der Waals surface area contributed by atoms with Crippen molar-refractivity contribution in [2.75, 3.05) is 0 Å². The van der Waals surface area contributed by atoms with Gasteiger partial charge in [0.15, 0.2) is 5.49 Å². The molecule has 0 bridgehead atoms. The molecule has 0 spiro atoms. The zero-order chi connectivity index (χ0) is 20.7. The first-order valence-electron chi connectivity index (χ1n) is 8.54. The lowest BCUT2D eigenvalue weighted by Crippen LogP contribution is -2.47. The molecule has 2 N–H and O–H groups in total. The summed E-state index contributed by atoms with van der Waals surface area (Å²) in [5.41, 5.74) is 1.15. The van der Waals surface area contributed by atoms with E-state index in [-0.39, 0.29) is 16.4 Å². The van der Waals surface area contributed by atoms with E-state index in [0.717, 1.165) is 10.2 Å². The fraction of sp³-hybridized carbons (Fsp3) is 0.105. The van der Waals surface area contributed by atoms with Crippen molar-refractivity contribution in [3.8, 4) is 16.5 Å². The van der Waals surface area contributed by atoms with E-state index in [0.29, 0.717) is 22.2 Å². The molecule has 0 unspecified atom stereocenters. The number of benzene rings is 1. The Morgan fingerprint density at radius 1 is 1.28 bits per heavy atom. The topological polar surface area (TPSA) is 131 Å². The predicted molar refractivity (Wildman–Crippen MR) is 107 cm³/mol. The molecule has 2 aliphatic rings. The first-order chi connectivity index (χ1) is 13.8. The number of nitro benzene ring substituents is 1. The molecule has 0 amide bonds. The highest BCUT2D eigenvalue weighted by Crippen LogP contribution is 2.24. The number of nitro groups is 1. The Bertz CT molecular complexity index is 1440. The van der Waals surface area contributed by atoms with E-state index in [1.807, 2.05) is 13.8 Å². The van der Waals surface area contributed by atoms with Crippen molar-refractivity contribution in [3.63, 3.8) is 0 Å². The third kappa shape index (κ3) is 3.41. The maximum atomic E-state index is 12.4. The smallest absolute Gasteiger partial charge is 0.283 e. The standard InChI is InChI=1S/C19H15N5O4S/c1-10(2)18-22-23-16(20)14(17(25)21-19(23)29-18)9-13-7-8-15(28-13)11-3-5-12(6-4-11)24(26)27/h3-9,20,22H,1-2H3. The van der Waals surface area contributed by atoms with Crippen LogP contribution in [0.4, 0.5) is 5.69 Å². The van der Waals surface area contributed by atoms with E-state index in [4.69, 9.17) is 9.83 Å². The maximum Gasteiger partial charge on any atom is 0.283 e. The summed E-state index contributed by atoms with van der Waals surface area (Å²) >= 11 is 1.31. The lowest BCUT2D eigenvalue weighted by Gasteiger charge is -1.99. The molecule has 3 heterocycles. The number of nitrogens with one attached hydrogen (secondary N) is 2. The highest BCUT2D eigenvalue weighted by Gasteiger charge is 2.12. The Hall–Kier alpha value is -3.79. The van der Waals surface area contributed by atoms with Gasteiger partial charge >= 0.3 is 0 Å². The van der Waals surface area contributed by atoms with Gasteiger partial charge in [-0.25, -0.2) is 4.68 Å². The van der Waals surface area contributed by atoms with Gasteiger partial charge < -0.3 is 4.42 Å². The summed E-state index contributed by atoms with van der Waals surface area (Å²) in [6.45, 7) is 3.86. The van der Waals surface area contributed by atoms with Crippen LogP contribution < -0.4 is 20.9 Å². The molecule has 9 nitrogen and oxygen atoms in total. The normalized spacial score (nSPS) is 11.9. The first kappa shape index (κ1) is 18.6. The summed E-state index contributed by atoms with van der Waals surface area (Å²) in [5.74, 6) is 0.867. The van der Waals surface area contributed by atoms with E-state index in [1.54, 1.807) is 24.3 Å². The molecule has 4 rings (SSSR count). The van der Waals surface area contributed by atoms with Gasteiger partial charge in [0.25, 0.3) is 11.2 Å². The second kappa shape index (κ2) is 6.99. The second-order valence-electron chi connectivity index (χ2n) is 6.49. The minimum absolute atomic E-state index is 0.00992. The molecule has 0 atom stereocenters. The summed E-state index contributed by atoms with van der Waals surface area (Å²) in [5, 5.41) is 22.7. The van der Waals surface area contributed by atoms with Gasteiger partial charge in [-0.3, -0.25) is 25.4 Å². The molecule has 0 fully saturated rings. The van der Waals surface area contributed by atoms with Gasteiger partial charge in [-0.1, -0.05) is 11.3 Å². The Morgan fingerprint density at radius 3 is 2.66 bits per heavy atom. The molecule has 0 aliphatic carbocycles. The Kier molecular flexibility index (Phi) is 4.47. The highest BCUT2D eigenvalue weighted by atomic mass is 32.1. The summed E-state index contributed by atoms with van der Waals surface area (Å²) in [6.07, 6.45) is 1.46. The average molecular weight is 409 g/mol. The number of non-ortho nitro benzene ring substituents is 1. The van der Waals surface area contributed by atoms with E-state index in [2.05, 4.69) is 10.1 Å². The first-order valence-corrected chi connectivity index (χ1v) is 9.35. The van der Waals surface area contributed by atoms with Crippen LogP contribution in [0, 0.1) is 15.5 Å². The average Bonchev–Trinajstić information content (AvgIpc) is 3.32. The third-order valence-electron chi connectivity index (χ3n) is 4.23. The fourth-order valence-electron chi connectivity index (χ4n) is 2.72. The van der Waals surface area contributed by atoms with E-state index in [1.165, 1.54) is 34.2 Å². The van der Waals surface area contributed by atoms with Crippen LogP contribution in [-0.2, 0) is 0 Å². The molecule has 1 aromatic carbocycles. The van der Waals surface area contributed by atoms with Gasteiger partial charge in [-0.05, 0) is 49.8 Å². The van der Waals surface area contributed by atoms with Crippen LogP contribution in [0.15, 0.2) is 45.6 Å². The maximum absolute atomic E-state index is 12.4. The molecule has 2 aliphatic heterocycles. The quantitative estimate of drug-likeness (QED) is 0.393. The number of hydrogen-bond donors (Lipinski definition) is 2. The van der Waals surface area contributed by atoms with E-state index >= 15 is 0 Å². The Labute approximate surface area is 166 Å².